The number of alkyl halides is 3. The van der Waals surface area contributed by atoms with E-state index in [1.807, 2.05) is 5.32 Å². The zero-order valence-corrected chi connectivity index (χ0v) is 11.0. The van der Waals surface area contributed by atoms with Crippen LogP contribution in [-0.4, -0.2) is 18.0 Å². The molecule has 1 N–H and O–H groups in total. The second-order valence-corrected chi connectivity index (χ2v) is 4.41. The lowest BCUT2D eigenvalue weighted by atomic mass is 10.1. The maximum absolute atomic E-state index is 12.7. The van der Waals surface area contributed by atoms with E-state index in [2.05, 4.69) is 0 Å². The number of benzene rings is 1. The number of carbonyl (C=O) groups is 1. The van der Waals surface area contributed by atoms with Gasteiger partial charge in [0.05, 0.1) is 10.6 Å². The van der Waals surface area contributed by atoms with Crippen molar-refractivity contribution in [2.24, 2.45) is 0 Å². The smallest absolute Gasteiger partial charge is 0.279 e. The summed E-state index contributed by atoms with van der Waals surface area (Å²) in [6.07, 6.45) is -5.67. The molecule has 0 fully saturated rings. The first kappa shape index (κ1) is 15.6. The first-order chi connectivity index (χ1) is 8.34. The Morgan fingerprint density at radius 3 is 2.39 bits per heavy atom. The molecule has 18 heavy (non-hydrogen) atoms. The van der Waals surface area contributed by atoms with Crippen molar-refractivity contribution >= 4 is 40.0 Å². The fourth-order valence-electron chi connectivity index (χ4n) is 1.20. The molecule has 8 heteroatoms. The van der Waals surface area contributed by atoms with E-state index >= 15 is 0 Å². The van der Waals surface area contributed by atoms with Gasteiger partial charge in [0.1, 0.15) is 0 Å². The van der Waals surface area contributed by atoms with Gasteiger partial charge in [0, 0.05) is 17.1 Å². The molecule has 2 nitrogen and oxygen atoms in total. The third-order valence-corrected chi connectivity index (χ3v) is 3.08. The van der Waals surface area contributed by atoms with E-state index < -0.39 is 18.0 Å². The summed E-state index contributed by atoms with van der Waals surface area (Å²) in [5.41, 5.74) is 0.111. The van der Waals surface area contributed by atoms with Gasteiger partial charge in [-0.3, -0.25) is 10.1 Å². The highest BCUT2D eigenvalue weighted by atomic mass is 35.5. The summed E-state index contributed by atoms with van der Waals surface area (Å²) >= 11 is 16.9. The summed E-state index contributed by atoms with van der Waals surface area (Å²) in [5, 5.41) is 1.12. The molecule has 0 saturated heterocycles. The number of halogens is 6. The van der Waals surface area contributed by atoms with Crippen LogP contribution in [0.1, 0.15) is 15.9 Å². The van der Waals surface area contributed by atoms with E-state index in [1.165, 1.54) is 12.1 Å². The van der Waals surface area contributed by atoms with Crippen molar-refractivity contribution < 1.29 is 18.0 Å². The molecular formula is C10H7Cl3F3NO. The van der Waals surface area contributed by atoms with E-state index in [4.69, 9.17) is 34.8 Å². The second-order valence-electron chi connectivity index (χ2n) is 3.28. The van der Waals surface area contributed by atoms with Crippen LogP contribution < -0.4 is 5.32 Å². The molecule has 1 aromatic carbocycles. The fourth-order valence-corrected chi connectivity index (χ4v) is 2.00. The van der Waals surface area contributed by atoms with Gasteiger partial charge in [-0.2, -0.15) is 0 Å². The quantitative estimate of drug-likeness (QED) is 0.656. The first-order valence-electron chi connectivity index (χ1n) is 4.67. The number of hydrogen-bond donors (Lipinski definition) is 1. The summed E-state index contributed by atoms with van der Waals surface area (Å²) in [5.74, 6) is 0. The summed E-state index contributed by atoms with van der Waals surface area (Å²) < 4.78 is 36.6. The van der Waals surface area contributed by atoms with Crippen molar-refractivity contribution in [3.05, 3.63) is 33.3 Å². The summed E-state index contributed by atoms with van der Waals surface area (Å²) in [7, 11) is 0. The normalized spacial score (nSPS) is 12.8. The molecule has 1 atom stereocenters. The highest BCUT2D eigenvalue weighted by Crippen LogP contribution is 2.29. The van der Waals surface area contributed by atoms with Crippen LogP contribution in [0.3, 0.4) is 0 Å². The van der Waals surface area contributed by atoms with Crippen molar-refractivity contribution in [1.82, 2.24) is 5.32 Å². The minimum atomic E-state index is -3.17. The SMILES string of the molecule is O=C(Cl)c1ccc(Cl)c(CNC(F)C(F)F)c1Cl. The molecule has 0 aliphatic carbocycles. The Morgan fingerprint density at radius 2 is 1.89 bits per heavy atom. The maximum atomic E-state index is 12.7. The number of hydrogen-bond acceptors (Lipinski definition) is 2. The molecule has 1 unspecified atom stereocenters. The summed E-state index contributed by atoms with van der Waals surface area (Å²) in [6.45, 7) is -0.346. The van der Waals surface area contributed by atoms with Gasteiger partial charge in [0.15, 0.2) is 0 Å². The molecule has 0 spiro atoms. The lowest BCUT2D eigenvalue weighted by molar-refractivity contribution is 0.0298. The molecule has 0 aliphatic rings. The van der Waals surface area contributed by atoms with E-state index in [0.717, 1.165) is 0 Å². The number of rotatable bonds is 5. The van der Waals surface area contributed by atoms with Crippen LogP contribution in [0, 0.1) is 0 Å². The topological polar surface area (TPSA) is 29.1 Å². The zero-order chi connectivity index (χ0) is 13.9. The lowest BCUT2D eigenvalue weighted by Gasteiger charge is -2.13. The van der Waals surface area contributed by atoms with Gasteiger partial charge < -0.3 is 0 Å². The van der Waals surface area contributed by atoms with Crippen molar-refractivity contribution in [1.29, 1.82) is 0 Å². The Morgan fingerprint density at radius 1 is 1.28 bits per heavy atom. The Balaban J connectivity index is 2.94. The highest BCUT2D eigenvalue weighted by molar-refractivity contribution is 6.68. The van der Waals surface area contributed by atoms with Crippen LogP contribution in [0.2, 0.25) is 10.0 Å². The van der Waals surface area contributed by atoms with E-state index in [-0.39, 0.29) is 27.7 Å². The third kappa shape index (κ3) is 3.75. The van der Waals surface area contributed by atoms with E-state index in [9.17, 15) is 18.0 Å². The molecule has 0 heterocycles. The molecule has 0 saturated carbocycles. The molecule has 1 rings (SSSR count). The van der Waals surface area contributed by atoms with Gasteiger partial charge in [-0.15, -0.1) is 0 Å². The van der Waals surface area contributed by atoms with Crippen molar-refractivity contribution in [2.75, 3.05) is 0 Å². The lowest BCUT2D eigenvalue weighted by Crippen LogP contribution is -2.31. The summed E-state index contributed by atoms with van der Waals surface area (Å²) in [4.78, 5) is 11.0. The van der Waals surface area contributed by atoms with Crippen molar-refractivity contribution in [3.8, 4) is 0 Å². The molecule has 0 bridgehead atoms. The highest BCUT2D eigenvalue weighted by Gasteiger charge is 2.20. The van der Waals surface area contributed by atoms with Crippen LogP contribution in [-0.2, 0) is 6.54 Å². The predicted octanol–water partition coefficient (Wildman–Crippen LogP) is 4.02. The zero-order valence-electron chi connectivity index (χ0n) is 8.69. The van der Waals surface area contributed by atoms with Gasteiger partial charge in [-0.05, 0) is 23.7 Å². The number of nitrogens with one attached hydrogen (secondary N) is 1. The molecular weight excluding hydrogens is 313 g/mol. The van der Waals surface area contributed by atoms with Crippen LogP contribution in [0.15, 0.2) is 12.1 Å². The summed E-state index contributed by atoms with van der Waals surface area (Å²) in [6, 6.07) is 2.62. The van der Waals surface area contributed by atoms with Gasteiger partial charge in [-0.25, -0.2) is 13.2 Å². The van der Waals surface area contributed by atoms with Crippen LogP contribution in [0.4, 0.5) is 13.2 Å². The average molecular weight is 321 g/mol. The average Bonchev–Trinajstić information content (AvgIpc) is 2.27. The largest absolute Gasteiger partial charge is 0.282 e. The molecule has 0 aromatic heterocycles. The second kappa shape index (κ2) is 6.61. The first-order valence-corrected chi connectivity index (χ1v) is 5.80. The Labute approximate surface area is 116 Å². The Kier molecular flexibility index (Phi) is 5.72. The van der Waals surface area contributed by atoms with Crippen molar-refractivity contribution in [3.63, 3.8) is 0 Å². The molecule has 0 amide bonds. The standard InChI is InChI=1S/C10H7Cl3F3NO/c11-6-2-1-4(8(13)18)7(12)5(6)3-17-10(16)9(14)15/h1-2,9-10,17H,3H2. The van der Waals surface area contributed by atoms with Gasteiger partial charge in [0.2, 0.25) is 6.30 Å². The minimum absolute atomic E-state index is 0.0213. The fraction of sp³-hybridized carbons (Fsp3) is 0.300. The van der Waals surface area contributed by atoms with Gasteiger partial charge >= 0.3 is 0 Å². The maximum Gasteiger partial charge on any atom is 0.282 e. The number of carbonyl (C=O) groups excluding carboxylic acids is 1. The van der Waals surface area contributed by atoms with Crippen LogP contribution in [0.25, 0.3) is 0 Å². The van der Waals surface area contributed by atoms with Crippen molar-refractivity contribution in [2.45, 2.75) is 19.3 Å². The van der Waals surface area contributed by atoms with Gasteiger partial charge in [0.25, 0.3) is 11.7 Å². The van der Waals surface area contributed by atoms with E-state index in [0.29, 0.717) is 0 Å². The monoisotopic (exact) mass is 319 g/mol. The molecule has 0 aliphatic heterocycles. The Hall–Kier alpha value is -0.490. The molecule has 0 radical (unpaired) electrons. The predicted molar refractivity (Wildman–Crippen MR) is 64.4 cm³/mol. The van der Waals surface area contributed by atoms with Crippen LogP contribution >= 0.6 is 34.8 Å². The van der Waals surface area contributed by atoms with Gasteiger partial charge in [-0.1, -0.05) is 23.2 Å². The molecule has 1 aromatic rings. The third-order valence-electron chi connectivity index (χ3n) is 2.09. The van der Waals surface area contributed by atoms with Crippen LogP contribution in [0.5, 0.6) is 0 Å². The molecule has 100 valence electrons. The minimum Gasteiger partial charge on any atom is -0.279 e. The Bertz CT molecular complexity index is 456. The van der Waals surface area contributed by atoms with E-state index in [1.54, 1.807) is 0 Å².